The summed E-state index contributed by atoms with van der Waals surface area (Å²) in [5, 5.41) is 75.0. The molecule has 0 heterocycles. The number of aliphatic carboxylic acids is 4. The summed E-state index contributed by atoms with van der Waals surface area (Å²) in [4.78, 5) is 91.8. The fourth-order valence-corrected chi connectivity index (χ4v) is 2.66. The Bertz CT molecular complexity index is 1390. The van der Waals surface area contributed by atoms with Crippen LogP contribution < -0.4 is 0 Å². The van der Waals surface area contributed by atoms with Crippen molar-refractivity contribution in [3.63, 3.8) is 0 Å². The molecule has 9 N–H and O–H groups in total. The van der Waals surface area contributed by atoms with Crippen molar-refractivity contribution in [2.45, 2.75) is 45.4 Å². The van der Waals surface area contributed by atoms with Crippen molar-refractivity contribution < 1.29 is 89.1 Å². The summed E-state index contributed by atoms with van der Waals surface area (Å²) in [6.07, 6.45) is 2.18. The van der Waals surface area contributed by atoms with Gasteiger partial charge in [-0.1, -0.05) is 18.2 Å². The molecule has 48 heavy (non-hydrogen) atoms. The fraction of sp³-hybridized carbons (Fsp3) is 0.233. The van der Waals surface area contributed by atoms with E-state index < -0.39 is 64.9 Å². The molecule has 0 aliphatic rings. The predicted octanol–water partition coefficient (Wildman–Crippen LogP) is 3.71. The molecule has 0 atom stereocenters. The molecule has 0 spiro atoms. The van der Waals surface area contributed by atoms with Crippen molar-refractivity contribution in [2.75, 3.05) is 0 Å². The fourth-order valence-electron chi connectivity index (χ4n) is 2.66. The maximum Gasteiger partial charge on any atom is 0.336 e. The molecular formula is C30H34O18. The van der Waals surface area contributed by atoms with Gasteiger partial charge in [-0.05, 0) is 50.1 Å². The summed E-state index contributed by atoms with van der Waals surface area (Å²) in [5.41, 5.74) is -1.62. The van der Waals surface area contributed by atoms with E-state index in [-0.39, 0.29) is 42.4 Å². The molecule has 18 heteroatoms. The van der Waals surface area contributed by atoms with E-state index in [9.17, 15) is 43.2 Å². The highest BCUT2D eigenvalue weighted by Gasteiger charge is 2.18. The first-order valence-corrected chi connectivity index (χ1v) is 13.1. The molecular weight excluding hydrogens is 648 g/mol. The van der Waals surface area contributed by atoms with Gasteiger partial charge in [0.2, 0.25) is 0 Å². The second-order valence-corrected chi connectivity index (χ2v) is 8.52. The molecule has 262 valence electrons. The second kappa shape index (κ2) is 25.7. The molecule has 0 fully saturated rings. The minimum absolute atomic E-state index is 0.0628. The van der Waals surface area contributed by atoms with Crippen LogP contribution in [0.15, 0.2) is 55.1 Å². The first-order valence-electron chi connectivity index (χ1n) is 13.1. The quantitative estimate of drug-likeness (QED) is 0.107. The number of carboxylic acid groups (broad SMARTS) is 9. The first kappa shape index (κ1) is 45.8. The number of hydrogen-bond acceptors (Lipinski definition) is 9. The summed E-state index contributed by atoms with van der Waals surface area (Å²) in [6, 6.07) is 8.28. The predicted molar refractivity (Wildman–Crippen MR) is 162 cm³/mol. The van der Waals surface area contributed by atoms with Gasteiger partial charge in [0.15, 0.2) is 0 Å². The van der Waals surface area contributed by atoms with Crippen LogP contribution in [0.2, 0.25) is 0 Å². The van der Waals surface area contributed by atoms with Crippen molar-refractivity contribution in [1.29, 1.82) is 0 Å². The van der Waals surface area contributed by atoms with Gasteiger partial charge in [-0.25, -0.2) is 24.0 Å². The summed E-state index contributed by atoms with van der Waals surface area (Å²) in [6.45, 7) is 5.25. The summed E-state index contributed by atoms with van der Waals surface area (Å²) in [7, 11) is 0. The number of allylic oxidation sites excluding steroid dienone is 1. The molecule has 0 saturated heterocycles. The number of benzene rings is 2. The number of unbranched alkanes of at least 4 members (excludes halogenated alkanes) is 1. The maximum absolute atomic E-state index is 10.6. The molecule has 0 aliphatic carbocycles. The lowest BCUT2D eigenvalue weighted by Crippen LogP contribution is -2.10. The molecule has 0 bridgehead atoms. The highest BCUT2D eigenvalue weighted by atomic mass is 16.4. The van der Waals surface area contributed by atoms with Gasteiger partial charge in [0.25, 0.3) is 0 Å². The zero-order valence-corrected chi connectivity index (χ0v) is 25.3. The van der Waals surface area contributed by atoms with Crippen LogP contribution in [0.25, 0.3) is 0 Å². The van der Waals surface area contributed by atoms with E-state index in [0.717, 1.165) is 18.2 Å². The van der Waals surface area contributed by atoms with E-state index in [1.807, 2.05) is 6.92 Å². The molecule has 2 aromatic rings. The van der Waals surface area contributed by atoms with Crippen LogP contribution in [-0.2, 0) is 19.2 Å². The van der Waals surface area contributed by atoms with Crippen LogP contribution in [0.3, 0.4) is 0 Å². The number of carbonyl (C=O) groups is 9. The van der Waals surface area contributed by atoms with Crippen LogP contribution >= 0.6 is 0 Å². The average Bonchev–Trinajstić information content (AvgIpc) is 2.99. The largest absolute Gasteiger partial charge is 0.481 e. The molecule has 0 aromatic heterocycles. The van der Waals surface area contributed by atoms with Crippen molar-refractivity contribution in [1.82, 2.24) is 0 Å². The monoisotopic (exact) mass is 682 g/mol. The normalized spacial score (nSPS) is 8.94. The Morgan fingerprint density at radius 3 is 1.02 bits per heavy atom. The Morgan fingerprint density at radius 1 is 0.479 bits per heavy atom. The smallest absolute Gasteiger partial charge is 0.336 e. The van der Waals surface area contributed by atoms with E-state index in [1.54, 1.807) is 6.08 Å². The van der Waals surface area contributed by atoms with Crippen molar-refractivity contribution in [3.05, 3.63) is 82.9 Å². The third-order valence-electron chi connectivity index (χ3n) is 4.70. The molecule has 2 aromatic carbocycles. The summed E-state index contributed by atoms with van der Waals surface area (Å²) >= 11 is 0. The van der Waals surface area contributed by atoms with Gasteiger partial charge in [-0.2, -0.15) is 0 Å². The van der Waals surface area contributed by atoms with Gasteiger partial charge in [0.05, 0.1) is 40.7 Å². The Labute approximate surface area is 271 Å². The van der Waals surface area contributed by atoms with Crippen LogP contribution in [0.4, 0.5) is 0 Å². The van der Waals surface area contributed by atoms with E-state index in [0.29, 0.717) is 12.8 Å². The molecule has 0 unspecified atom stereocenters. The molecule has 0 amide bonds. The number of aromatic carboxylic acids is 5. The molecule has 0 saturated carbocycles. The number of carboxylic acids is 9. The molecule has 2 rings (SSSR count). The Balaban J connectivity index is -0.000000560. The van der Waals surface area contributed by atoms with Gasteiger partial charge in [0, 0.05) is 12.8 Å². The maximum atomic E-state index is 10.6. The third-order valence-corrected chi connectivity index (χ3v) is 4.70. The van der Waals surface area contributed by atoms with Crippen molar-refractivity contribution >= 4 is 53.7 Å². The minimum Gasteiger partial charge on any atom is -0.481 e. The second-order valence-electron chi connectivity index (χ2n) is 8.52. The topological polar surface area (TPSA) is 336 Å². The number of hydrogen-bond donors (Lipinski definition) is 9. The zero-order chi connectivity index (χ0) is 38.0. The van der Waals surface area contributed by atoms with Gasteiger partial charge in [-0.15, -0.1) is 6.58 Å². The Hall–Kier alpha value is -6.59. The van der Waals surface area contributed by atoms with Crippen molar-refractivity contribution in [3.8, 4) is 0 Å². The van der Waals surface area contributed by atoms with Gasteiger partial charge in [-0.3, -0.25) is 19.2 Å². The van der Waals surface area contributed by atoms with Crippen LogP contribution in [0.1, 0.15) is 97.2 Å². The summed E-state index contributed by atoms with van der Waals surface area (Å²) < 4.78 is 0. The highest BCUT2D eigenvalue weighted by molar-refractivity contribution is 6.04. The van der Waals surface area contributed by atoms with Crippen LogP contribution in [-0.4, -0.2) is 99.7 Å². The average molecular weight is 683 g/mol. The SMILES string of the molecule is C=CC.O=C(O)CCC(=O)O.O=C(O)CCCCC(=O)O.O=C(O)c1ccc(C(=O)O)c(C(=O)O)c1.O=C(O)c1ccccc1C(=O)O. The van der Waals surface area contributed by atoms with E-state index in [4.69, 9.17) is 46.0 Å². The minimum atomic E-state index is -1.48. The lowest BCUT2D eigenvalue weighted by molar-refractivity contribution is -0.143. The molecule has 18 nitrogen and oxygen atoms in total. The Kier molecular flexibility index (Phi) is 24.5. The van der Waals surface area contributed by atoms with Gasteiger partial charge < -0.3 is 46.0 Å². The summed E-state index contributed by atoms with van der Waals surface area (Å²) in [5.74, 6) is -10.6. The molecule has 0 aliphatic heterocycles. The van der Waals surface area contributed by atoms with Crippen LogP contribution in [0, 0.1) is 0 Å². The highest BCUT2D eigenvalue weighted by Crippen LogP contribution is 2.13. The van der Waals surface area contributed by atoms with E-state index in [1.165, 1.54) is 24.3 Å². The standard InChI is InChI=1S/C9H6O6.C8H6O4.C6H10O4.C4H6O4.C3H6/c10-7(11)4-1-2-5(8(12)13)6(3-4)9(14)15;9-7(10)5-3-1-2-4-6(5)8(11)12;7-5(8)3-1-2-4-6(9)10;5-3(6)1-2-4(7)8;1-3-2/h1-3H,(H,10,11)(H,12,13)(H,14,15);1-4H,(H,9,10)(H,11,12);1-4H2,(H,7,8)(H,9,10);1-2H2,(H,5,6)(H,7,8);3H,1H2,2H3. The van der Waals surface area contributed by atoms with E-state index in [2.05, 4.69) is 6.58 Å². The van der Waals surface area contributed by atoms with Gasteiger partial charge in [0.1, 0.15) is 0 Å². The molecule has 0 radical (unpaired) electrons. The van der Waals surface area contributed by atoms with Crippen LogP contribution in [0.5, 0.6) is 0 Å². The van der Waals surface area contributed by atoms with Crippen molar-refractivity contribution in [2.24, 2.45) is 0 Å². The first-order chi connectivity index (χ1) is 22.2. The van der Waals surface area contributed by atoms with E-state index >= 15 is 0 Å². The lowest BCUT2D eigenvalue weighted by Gasteiger charge is -2.02. The third kappa shape index (κ3) is 23.8. The van der Waals surface area contributed by atoms with Gasteiger partial charge >= 0.3 is 53.7 Å². The number of rotatable bonds is 13. The zero-order valence-electron chi connectivity index (χ0n) is 25.3. The Morgan fingerprint density at radius 2 is 0.771 bits per heavy atom. The lowest BCUT2D eigenvalue weighted by atomic mass is 10.0.